The summed E-state index contributed by atoms with van der Waals surface area (Å²) in [7, 11) is -3.62. The van der Waals surface area contributed by atoms with Gasteiger partial charge in [-0.2, -0.15) is 5.10 Å². The third kappa shape index (κ3) is 4.26. The van der Waals surface area contributed by atoms with Gasteiger partial charge in [0.05, 0.1) is 6.61 Å². The minimum atomic E-state index is -3.62. The Hall–Kier alpha value is -0.960. The van der Waals surface area contributed by atoms with E-state index < -0.39 is 10.0 Å². The van der Waals surface area contributed by atoms with E-state index in [1.165, 1.54) is 0 Å². The number of H-pyrrole nitrogens is 1. The molecule has 1 saturated heterocycles. The first kappa shape index (κ1) is 16.4. The monoisotopic (exact) mass is 316 g/mol. The molecule has 0 spiro atoms. The Kier molecular flexibility index (Phi) is 5.74. The molecule has 0 radical (unpaired) electrons. The molecule has 0 aliphatic carbocycles. The summed E-state index contributed by atoms with van der Waals surface area (Å²) < 4.78 is 33.0. The molecule has 7 nitrogen and oxygen atoms in total. The van der Waals surface area contributed by atoms with E-state index in [0.29, 0.717) is 25.3 Å². The van der Waals surface area contributed by atoms with Crippen molar-refractivity contribution in [2.24, 2.45) is 0 Å². The second kappa shape index (κ2) is 7.35. The van der Waals surface area contributed by atoms with Crippen molar-refractivity contribution in [3.05, 3.63) is 11.3 Å². The molecular formula is C13H24N4O3S. The van der Waals surface area contributed by atoms with Crippen LogP contribution in [0.4, 0.5) is 0 Å². The van der Waals surface area contributed by atoms with Crippen molar-refractivity contribution in [1.29, 1.82) is 0 Å². The highest BCUT2D eigenvalue weighted by Crippen LogP contribution is 2.17. The molecule has 1 atom stereocenters. The Morgan fingerprint density at radius 2 is 2.29 bits per heavy atom. The van der Waals surface area contributed by atoms with Gasteiger partial charge in [0.25, 0.3) is 10.0 Å². The van der Waals surface area contributed by atoms with E-state index in [1.807, 2.05) is 6.92 Å². The Bertz CT molecular complexity index is 550. The normalized spacial score (nSPS) is 19.8. The van der Waals surface area contributed by atoms with Gasteiger partial charge >= 0.3 is 0 Å². The Labute approximate surface area is 125 Å². The molecule has 21 heavy (non-hydrogen) atoms. The highest BCUT2D eigenvalue weighted by atomic mass is 32.2. The van der Waals surface area contributed by atoms with E-state index in [9.17, 15) is 8.42 Å². The number of rotatable bonds is 7. The summed E-state index contributed by atoms with van der Waals surface area (Å²) in [5.41, 5.74) is 1.48. The van der Waals surface area contributed by atoms with Crippen LogP contribution < -0.4 is 10.0 Å². The molecule has 0 saturated carbocycles. The van der Waals surface area contributed by atoms with Gasteiger partial charge in [-0.1, -0.05) is 6.92 Å². The number of hydrogen-bond acceptors (Lipinski definition) is 5. The van der Waals surface area contributed by atoms with Crippen molar-refractivity contribution >= 4 is 10.0 Å². The van der Waals surface area contributed by atoms with E-state index in [0.717, 1.165) is 31.5 Å². The lowest BCUT2D eigenvalue weighted by Crippen LogP contribution is -2.41. The van der Waals surface area contributed by atoms with Crippen LogP contribution in [-0.2, 0) is 21.3 Å². The molecule has 1 aromatic heterocycles. The summed E-state index contributed by atoms with van der Waals surface area (Å²) in [6.45, 7) is 6.36. The van der Waals surface area contributed by atoms with Crippen LogP contribution in [-0.4, -0.2) is 44.4 Å². The van der Waals surface area contributed by atoms with Crippen molar-refractivity contribution in [3.8, 4) is 0 Å². The predicted molar refractivity (Wildman–Crippen MR) is 79.5 cm³/mol. The molecule has 3 N–H and O–H groups in total. The predicted octanol–water partition coefficient (Wildman–Crippen LogP) is 0.675. The molecule has 2 heterocycles. The SMILES string of the molecule is CCCNCc1c(S(=O)(=O)NC2CCCOC2)n[nH]c1C. The zero-order valence-corrected chi connectivity index (χ0v) is 13.4. The average molecular weight is 316 g/mol. The summed E-state index contributed by atoms with van der Waals surface area (Å²) >= 11 is 0. The zero-order chi connectivity index (χ0) is 15.3. The minimum Gasteiger partial charge on any atom is -0.380 e. The van der Waals surface area contributed by atoms with Crippen LogP contribution in [0.25, 0.3) is 0 Å². The molecule has 8 heteroatoms. The second-order valence-corrected chi connectivity index (χ2v) is 6.97. The van der Waals surface area contributed by atoms with Gasteiger partial charge in [-0.25, -0.2) is 13.1 Å². The lowest BCUT2D eigenvalue weighted by Gasteiger charge is -2.22. The first-order valence-corrected chi connectivity index (χ1v) is 8.87. The first-order valence-electron chi connectivity index (χ1n) is 7.39. The highest BCUT2D eigenvalue weighted by molar-refractivity contribution is 7.89. The molecule has 0 bridgehead atoms. The highest BCUT2D eigenvalue weighted by Gasteiger charge is 2.27. The number of aromatic amines is 1. The maximum Gasteiger partial charge on any atom is 0.260 e. The maximum absolute atomic E-state index is 12.5. The molecule has 120 valence electrons. The molecule has 1 aromatic rings. The van der Waals surface area contributed by atoms with Crippen LogP contribution in [0.15, 0.2) is 5.03 Å². The van der Waals surface area contributed by atoms with Gasteiger partial charge in [-0.15, -0.1) is 0 Å². The number of nitrogens with one attached hydrogen (secondary N) is 3. The molecule has 0 aromatic carbocycles. The van der Waals surface area contributed by atoms with E-state index in [4.69, 9.17) is 4.74 Å². The fraction of sp³-hybridized carbons (Fsp3) is 0.769. The van der Waals surface area contributed by atoms with Gasteiger partial charge in [0, 0.05) is 30.5 Å². The third-order valence-corrected chi connectivity index (χ3v) is 4.99. The molecule has 1 aliphatic rings. The van der Waals surface area contributed by atoms with Crippen LogP contribution in [0.3, 0.4) is 0 Å². The lowest BCUT2D eigenvalue weighted by molar-refractivity contribution is 0.0774. The number of hydrogen-bond donors (Lipinski definition) is 3. The van der Waals surface area contributed by atoms with E-state index in [1.54, 1.807) is 0 Å². The van der Waals surface area contributed by atoms with E-state index in [2.05, 4.69) is 27.2 Å². The number of aryl methyl sites for hydroxylation is 1. The summed E-state index contributed by atoms with van der Waals surface area (Å²) in [5, 5.41) is 10.1. The topological polar surface area (TPSA) is 96.1 Å². The first-order chi connectivity index (χ1) is 10.0. The Balaban J connectivity index is 2.11. The second-order valence-electron chi connectivity index (χ2n) is 5.34. The third-order valence-electron chi connectivity index (χ3n) is 3.50. The zero-order valence-electron chi connectivity index (χ0n) is 12.6. The Morgan fingerprint density at radius 1 is 1.48 bits per heavy atom. The van der Waals surface area contributed by atoms with Crippen molar-refractivity contribution in [2.75, 3.05) is 19.8 Å². The van der Waals surface area contributed by atoms with Gasteiger partial charge in [0.1, 0.15) is 0 Å². The van der Waals surface area contributed by atoms with Crippen molar-refractivity contribution in [3.63, 3.8) is 0 Å². The van der Waals surface area contributed by atoms with Gasteiger partial charge in [-0.3, -0.25) is 5.10 Å². The van der Waals surface area contributed by atoms with Gasteiger partial charge in [0.15, 0.2) is 5.03 Å². The van der Waals surface area contributed by atoms with E-state index in [-0.39, 0.29) is 11.1 Å². The van der Waals surface area contributed by atoms with E-state index >= 15 is 0 Å². The molecule has 1 fully saturated rings. The summed E-state index contributed by atoms with van der Waals surface area (Å²) in [4.78, 5) is 0. The molecule has 2 rings (SSSR count). The smallest absolute Gasteiger partial charge is 0.260 e. The number of aromatic nitrogens is 2. The summed E-state index contributed by atoms with van der Waals surface area (Å²) in [5.74, 6) is 0. The van der Waals surface area contributed by atoms with Gasteiger partial charge in [0.2, 0.25) is 0 Å². The van der Waals surface area contributed by atoms with Crippen LogP contribution in [0.1, 0.15) is 37.4 Å². The van der Waals surface area contributed by atoms with Crippen LogP contribution in [0, 0.1) is 6.92 Å². The quantitative estimate of drug-likeness (QED) is 0.643. The number of nitrogens with zero attached hydrogens (tertiary/aromatic N) is 1. The number of ether oxygens (including phenoxy) is 1. The molecule has 0 amide bonds. The van der Waals surface area contributed by atoms with Crippen LogP contribution in [0.5, 0.6) is 0 Å². The average Bonchev–Trinajstić information content (AvgIpc) is 2.82. The molecule has 1 unspecified atom stereocenters. The fourth-order valence-electron chi connectivity index (χ4n) is 2.36. The Morgan fingerprint density at radius 3 is 2.95 bits per heavy atom. The minimum absolute atomic E-state index is 0.0918. The molecular weight excluding hydrogens is 292 g/mol. The fourth-order valence-corrected chi connectivity index (χ4v) is 3.81. The molecule has 1 aliphatic heterocycles. The van der Waals surface area contributed by atoms with Gasteiger partial charge in [-0.05, 0) is 32.7 Å². The van der Waals surface area contributed by atoms with Crippen LogP contribution in [0.2, 0.25) is 0 Å². The van der Waals surface area contributed by atoms with Crippen molar-refractivity contribution < 1.29 is 13.2 Å². The summed E-state index contributed by atoms with van der Waals surface area (Å²) in [6, 6.07) is -0.169. The van der Waals surface area contributed by atoms with Crippen LogP contribution >= 0.6 is 0 Å². The summed E-state index contributed by atoms with van der Waals surface area (Å²) in [6.07, 6.45) is 2.67. The standard InChI is InChI=1S/C13H24N4O3S/c1-3-6-14-8-12-10(2)15-16-13(12)21(18,19)17-11-5-4-7-20-9-11/h11,14,17H,3-9H2,1-2H3,(H,15,16). The number of sulfonamides is 1. The van der Waals surface area contributed by atoms with Gasteiger partial charge < -0.3 is 10.1 Å². The lowest BCUT2D eigenvalue weighted by atomic mass is 10.1. The largest absolute Gasteiger partial charge is 0.380 e. The van der Waals surface area contributed by atoms with Crippen molar-refractivity contribution in [1.82, 2.24) is 20.2 Å². The van der Waals surface area contributed by atoms with Crippen molar-refractivity contribution in [2.45, 2.75) is 50.7 Å². The maximum atomic E-state index is 12.5.